The van der Waals surface area contributed by atoms with Crippen molar-refractivity contribution in [2.24, 2.45) is 0 Å². The lowest BCUT2D eigenvalue weighted by Gasteiger charge is -2.19. The molecule has 7 nitrogen and oxygen atoms in total. The van der Waals surface area contributed by atoms with Gasteiger partial charge in [0.15, 0.2) is 0 Å². The molecule has 1 aliphatic carbocycles. The molecule has 172 valence electrons. The molecule has 1 saturated carbocycles. The van der Waals surface area contributed by atoms with Gasteiger partial charge in [0.25, 0.3) is 5.91 Å². The van der Waals surface area contributed by atoms with Crippen LogP contribution in [0.5, 0.6) is 0 Å². The summed E-state index contributed by atoms with van der Waals surface area (Å²) in [6.07, 6.45) is 1.38. The fraction of sp³-hybridized carbons (Fsp3) is 0.417. The van der Waals surface area contributed by atoms with Gasteiger partial charge in [-0.1, -0.05) is 56.3 Å². The molecule has 3 rings (SSSR count). The summed E-state index contributed by atoms with van der Waals surface area (Å²) >= 11 is 0. The zero-order valence-electron chi connectivity index (χ0n) is 18.5. The van der Waals surface area contributed by atoms with Gasteiger partial charge in [-0.3, -0.25) is 9.59 Å². The molecular formula is C24H30N2O5S. The van der Waals surface area contributed by atoms with Crippen LogP contribution >= 0.6 is 0 Å². The highest BCUT2D eigenvalue weighted by Gasteiger charge is 2.30. The van der Waals surface area contributed by atoms with Crippen molar-refractivity contribution >= 4 is 21.9 Å². The smallest absolute Gasteiger partial charge is 0.307 e. The summed E-state index contributed by atoms with van der Waals surface area (Å²) in [6.45, 7) is 4.41. The molecule has 2 aromatic rings. The first-order valence-corrected chi connectivity index (χ1v) is 12.4. The molecule has 0 heterocycles. The van der Waals surface area contributed by atoms with Crippen LogP contribution in [0.15, 0.2) is 59.5 Å². The molecule has 1 aliphatic rings. The van der Waals surface area contributed by atoms with Crippen LogP contribution in [0.4, 0.5) is 0 Å². The van der Waals surface area contributed by atoms with Crippen molar-refractivity contribution in [1.82, 2.24) is 9.62 Å². The highest BCUT2D eigenvalue weighted by atomic mass is 32.2. The normalized spacial score (nSPS) is 14.7. The predicted octanol–water partition coefficient (Wildman–Crippen LogP) is 3.21. The second-order valence-corrected chi connectivity index (χ2v) is 9.73. The van der Waals surface area contributed by atoms with Crippen molar-refractivity contribution in [3.8, 4) is 0 Å². The maximum absolute atomic E-state index is 12.6. The minimum absolute atomic E-state index is 0.0855. The van der Waals surface area contributed by atoms with E-state index < -0.39 is 22.1 Å². The molecule has 1 atom stereocenters. The van der Waals surface area contributed by atoms with Crippen molar-refractivity contribution < 1.29 is 22.7 Å². The summed E-state index contributed by atoms with van der Waals surface area (Å²) in [5.74, 6) is -0.789. The van der Waals surface area contributed by atoms with E-state index in [1.54, 1.807) is 62.4 Å². The zero-order valence-corrected chi connectivity index (χ0v) is 19.3. The first-order chi connectivity index (χ1) is 15.3. The third-order valence-corrected chi connectivity index (χ3v) is 7.46. The Morgan fingerprint density at radius 2 is 1.66 bits per heavy atom. The van der Waals surface area contributed by atoms with Gasteiger partial charge >= 0.3 is 5.97 Å². The lowest BCUT2D eigenvalue weighted by molar-refractivity contribution is -0.156. The molecule has 0 aromatic heterocycles. The van der Waals surface area contributed by atoms with Crippen LogP contribution in [0.2, 0.25) is 0 Å². The van der Waals surface area contributed by atoms with E-state index >= 15 is 0 Å². The van der Waals surface area contributed by atoms with Crippen LogP contribution in [-0.2, 0) is 30.8 Å². The van der Waals surface area contributed by atoms with E-state index in [1.165, 1.54) is 4.31 Å². The van der Waals surface area contributed by atoms with Crippen LogP contribution in [-0.4, -0.2) is 43.7 Å². The largest absolute Gasteiger partial charge is 0.447 e. The molecule has 1 amide bonds. The van der Waals surface area contributed by atoms with Crippen LogP contribution < -0.4 is 5.32 Å². The Hall–Kier alpha value is -2.71. The monoisotopic (exact) mass is 458 g/mol. The summed E-state index contributed by atoms with van der Waals surface area (Å²) in [4.78, 5) is 25.3. The van der Waals surface area contributed by atoms with Crippen molar-refractivity contribution in [2.75, 3.05) is 13.1 Å². The summed E-state index contributed by atoms with van der Waals surface area (Å²) < 4.78 is 32.1. The van der Waals surface area contributed by atoms with E-state index in [-0.39, 0.29) is 23.3 Å². The maximum Gasteiger partial charge on any atom is 0.307 e. The molecule has 0 saturated heterocycles. The van der Waals surface area contributed by atoms with E-state index in [0.29, 0.717) is 25.1 Å². The number of esters is 1. The molecule has 0 radical (unpaired) electrons. The van der Waals surface area contributed by atoms with Crippen LogP contribution in [0.3, 0.4) is 0 Å². The molecule has 0 spiro atoms. The van der Waals surface area contributed by atoms with E-state index in [9.17, 15) is 18.0 Å². The summed E-state index contributed by atoms with van der Waals surface area (Å²) in [5.41, 5.74) is 1.45. The first kappa shape index (κ1) is 23.9. The summed E-state index contributed by atoms with van der Waals surface area (Å²) in [5, 5.41) is 2.89. The summed E-state index contributed by atoms with van der Waals surface area (Å²) in [6, 6.07) is 15.7. The standard InChI is InChI=1S/C24H30N2O5S/c1-3-26(4-2)32(29,30)21-15-10-18(11-16-21)12-17-22(27)31-23(19-8-6-5-7-9-19)24(28)25-20-13-14-20/h5-11,15-16,20,23H,3-4,12-14,17H2,1-2H3,(H,25,28). The first-order valence-electron chi connectivity index (χ1n) is 11.0. The van der Waals surface area contributed by atoms with Gasteiger partial charge in [0.05, 0.1) is 4.90 Å². The molecular weight excluding hydrogens is 428 g/mol. The maximum atomic E-state index is 12.6. The van der Waals surface area contributed by atoms with E-state index in [2.05, 4.69) is 5.32 Å². The number of hydrogen-bond acceptors (Lipinski definition) is 5. The lowest BCUT2D eigenvalue weighted by Crippen LogP contribution is -2.33. The molecule has 1 fully saturated rings. The second-order valence-electron chi connectivity index (χ2n) is 7.80. The van der Waals surface area contributed by atoms with E-state index in [4.69, 9.17) is 4.74 Å². The van der Waals surface area contributed by atoms with Gasteiger partial charge in [0.2, 0.25) is 16.1 Å². The molecule has 1 N–H and O–H groups in total. The Balaban J connectivity index is 1.61. The lowest BCUT2D eigenvalue weighted by atomic mass is 10.1. The Bertz CT molecular complexity index is 1010. The quantitative estimate of drug-likeness (QED) is 0.522. The predicted molar refractivity (Wildman–Crippen MR) is 121 cm³/mol. The second kappa shape index (κ2) is 10.7. The van der Waals surface area contributed by atoms with Gasteiger partial charge in [-0.15, -0.1) is 0 Å². The van der Waals surface area contributed by atoms with E-state index in [0.717, 1.165) is 18.4 Å². The zero-order chi connectivity index (χ0) is 23.1. The average Bonchev–Trinajstić information content (AvgIpc) is 3.61. The van der Waals surface area contributed by atoms with Crippen molar-refractivity contribution in [2.45, 2.75) is 56.6 Å². The number of sulfonamides is 1. The fourth-order valence-electron chi connectivity index (χ4n) is 3.38. The highest BCUT2D eigenvalue weighted by Crippen LogP contribution is 2.24. The number of carbonyl (C=O) groups is 2. The number of rotatable bonds is 11. The minimum Gasteiger partial charge on any atom is -0.447 e. The Labute approximate surface area is 189 Å². The minimum atomic E-state index is -3.51. The van der Waals surface area contributed by atoms with Gasteiger partial charge in [-0.05, 0) is 37.0 Å². The molecule has 32 heavy (non-hydrogen) atoms. The molecule has 0 bridgehead atoms. The van der Waals surface area contributed by atoms with Crippen LogP contribution in [0, 0.1) is 0 Å². The van der Waals surface area contributed by atoms with Gasteiger partial charge < -0.3 is 10.1 Å². The average molecular weight is 459 g/mol. The van der Waals surface area contributed by atoms with Gasteiger partial charge in [0, 0.05) is 31.1 Å². The SMILES string of the molecule is CCN(CC)S(=O)(=O)c1ccc(CCC(=O)OC(C(=O)NC2CC2)c2ccccc2)cc1. The topological polar surface area (TPSA) is 92.8 Å². The molecule has 8 heteroatoms. The number of aryl methyl sites for hydroxylation is 1. The number of nitrogens with zero attached hydrogens (tertiary/aromatic N) is 1. The third kappa shape index (κ3) is 6.17. The number of carbonyl (C=O) groups excluding carboxylic acids is 2. The van der Waals surface area contributed by atoms with Gasteiger partial charge in [0.1, 0.15) is 0 Å². The summed E-state index contributed by atoms with van der Waals surface area (Å²) in [7, 11) is -3.51. The number of amides is 1. The number of ether oxygens (including phenoxy) is 1. The third-order valence-electron chi connectivity index (χ3n) is 5.40. The Kier molecular flexibility index (Phi) is 8.04. The van der Waals surface area contributed by atoms with Gasteiger partial charge in [-0.2, -0.15) is 4.31 Å². The van der Waals surface area contributed by atoms with Crippen LogP contribution in [0.25, 0.3) is 0 Å². The van der Waals surface area contributed by atoms with Crippen molar-refractivity contribution in [1.29, 1.82) is 0 Å². The molecule has 2 aromatic carbocycles. The highest BCUT2D eigenvalue weighted by molar-refractivity contribution is 7.89. The number of hydrogen-bond donors (Lipinski definition) is 1. The fourth-order valence-corrected chi connectivity index (χ4v) is 4.84. The van der Waals surface area contributed by atoms with Crippen molar-refractivity contribution in [3.63, 3.8) is 0 Å². The Morgan fingerprint density at radius 3 is 2.22 bits per heavy atom. The molecule has 0 aliphatic heterocycles. The number of benzene rings is 2. The van der Waals surface area contributed by atoms with Crippen LogP contribution in [0.1, 0.15) is 50.3 Å². The molecule has 1 unspecified atom stereocenters. The Morgan fingerprint density at radius 1 is 1.03 bits per heavy atom. The van der Waals surface area contributed by atoms with E-state index in [1.807, 2.05) is 6.07 Å². The van der Waals surface area contributed by atoms with Gasteiger partial charge in [-0.25, -0.2) is 8.42 Å². The number of nitrogens with one attached hydrogen (secondary N) is 1. The van der Waals surface area contributed by atoms with Crippen molar-refractivity contribution in [3.05, 3.63) is 65.7 Å².